The van der Waals surface area contributed by atoms with E-state index in [1.165, 1.54) is 6.07 Å². The zero-order chi connectivity index (χ0) is 14.9. The highest BCUT2D eigenvalue weighted by molar-refractivity contribution is 5.88. The standard InChI is InChI=1S/C15H15NO4/c1-8-4-5-12(20-3)10(6-8)13-9(2)7-11(15(18)19)14(17)16-13/h4-7H,1-3H3,(H,16,17)(H,18,19). The summed E-state index contributed by atoms with van der Waals surface area (Å²) in [6.45, 7) is 3.68. The quantitative estimate of drug-likeness (QED) is 0.899. The number of aryl methyl sites for hydroxylation is 2. The van der Waals surface area contributed by atoms with E-state index in [4.69, 9.17) is 9.84 Å². The smallest absolute Gasteiger partial charge is 0.341 e. The predicted octanol–water partition coefficient (Wildman–Crippen LogP) is 2.37. The van der Waals surface area contributed by atoms with Crippen molar-refractivity contribution in [2.45, 2.75) is 13.8 Å². The maximum atomic E-state index is 11.8. The zero-order valence-electron chi connectivity index (χ0n) is 11.5. The second-order valence-electron chi connectivity index (χ2n) is 4.58. The maximum Gasteiger partial charge on any atom is 0.341 e. The van der Waals surface area contributed by atoms with Crippen molar-refractivity contribution in [3.8, 4) is 17.0 Å². The Balaban J connectivity index is 2.71. The molecule has 1 heterocycles. The molecule has 0 atom stereocenters. The molecule has 5 heteroatoms. The van der Waals surface area contributed by atoms with Gasteiger partial charge < -0.3 is 14.8 Å². The molecule has 0 radical (unpaired) electrons. The van der Waals surface area contributed by atoms with E-state index in [0.29, 0.717) is 17.0 Å². The fourth-order valence-electron chi connectivity index (χ4n) is 2.09. The van der Waals surface area contributed by atoms with Gasteiger partial charge in [0.05, 0.1) is 12.8 Å². The lowest BCUT2D eigenvalue weighted by Crippen LogP contribution is -2.18. The van der Waals surface area contributed by atoms with Gasteiger partial charge in [-0.2, -0.15) is 0 Å². The minimum absolute atomic E-state index is 0.266. The summed E-state index contributed by atoms with van der Waals surface area (Å²) in [5, 5.41) is 8.95. The molecule has 0 aliphatic rings. The first-order chi connectivity index (χ1) is 9.43. The van der Waals surface area contributed by atoms with Crippen LogP contribution in [0.3, 0.4) is 0 Å². The van der Waals surface area contributed by atoms with Crippen molar-refractivity contribution in [3.05, 3.63) is 51.3 Å². The fraction of sp³-hybridized carbons (Fsp3) is 0.200. The van der Waals surface area contributed by atoms with E-state index in [-0.39, 0.29) is 5.56 Å². The Morgan fingerprint density at radius 3 is 2.55 bits per heavy atom. The van der Waals surface area contributed by atoms with Gasteiger partial charge in [0.25, 0.3) is 5.56 Å². The second-order valence-corrected chi connectivity index (χ2v) is 4.58. The number of benzene rings is 1. The molecule has 2 aromatic rings. The average molecular weight is 273 g/mol. The predicted molar refractivity (Wildman–Crippen MR) is 75.5 cm³/mol. The van der Waals surface area contributed by atoms with Gasteiger partial charge in [-0.25, -0.2) is 4.79 Å². The molecule has 20 heavy (non-hydrogen) atoms. The van der Waals surface area contributed by atoms with Crippen LogP contribution in [0.5, 0.6) is 5.75 Å². The number of hydrogen-bond acceptors (Lipinski definition) is 3. The molecule has 104 valence electrons. The Morgan fingerprint density at radius 1 is 1.25 bits per heavy atom. The minimum atomic E-state index is -1.24. The van der Waals surface area contributed by atoms with Crippen LogP contribution in [0.2, 0.25) is 0 Å². The topological polar surface area (TPSA) is 79.4 Å². The fourth-order valence-corrected chi connectivity index (χ4v) is 2.09. The number of carboxylic acids is 1. The van der Waals surface area contributed by atoms with Gasteiger partial charge in [-0.3, -0.25) is 4.79 Å². The first kappa shape index (κ1) is 13.9. The number of hydrogen-bond donors (Lipinski definition) is 2. The van der Waals surface area contributed by atoms with Gasteiger partial charge in [0.2, 0.25) is 0 Å². The highest BCUT2D eigenvalue weighted by Crippen LogP contribution is 2.31. The third-order valence-electron chi connectivity index (χ3n) is 3.09. The summed E-state index contributed by atoms with van der Waals surface area (Å²) in [5.74, 6) is -0.616. The molecule has 0 unspecified atom stereocenters. The number of aromatic carboxylic acids is 1. The van der Waals surface area contributed by atoms with E-state index in [2.05, 4.69) is 4.98 Å². The molecule has 0 amide bonds. The van der Waals surface area contributed by atoms with Crippen LogP contribution >= 0.6 is 0 Å². The number of methoxy groups -OCH3 is 1. The van der Waals surface area contributed by atoms with Crippen molar-refractivity contribution in [3.63, 3.8) is 0 Å². The molecule has 0 fully saturated rings. The number of nitrogens with one attached hydrogen (secondary N) is 1. The summed E-state index contributed by atoms with van der Waals surface area (Å²) in [6.07, 6.45) is 0. The van der Waals surface area contributed by atoms with E-state index >= 15 is 0 Å². The van der Waals surface area contributed by atoms with Crippen LogP contribution in [0.4, 0.5) is 0 Å². The highest BCUT2D eigenvalue weighted by Gasteiger charge is 2.15. The number of H-pyrrole nitrogens is 1. The van der Waals surface area contributed by atoms with E-state index in [9.17, 15) is 9.59 Å². The molecule has 0 saturated carbocycles. The number of carboxylic acid groups (broad SMARTS) is 1. The summed E-state index contributed by atoms with van der Waals surface area (Å²) in [7, 11) is 1.55. The van der Waals surface area contributed by atoms with Crippen LogP contribution in [0.15, 0.2) is 29.1 Å². The van der Waals surface area contributed by atoms with Crippen LogP contribution < -0.4 is 10.3 Å². The Morgan fingerprint density at radius 2 is 1.95 bits per heavy atom. The van der Waals surface area contributed by atoms with Crippen LogP contribution in [0.25, 0.3) is 11.3 Å². The van der Waals surface area contributed by atoms with E-state index < -0.39 is 11.5 Å². The van der Waals surface area contributed by atoms with Gasteiger partial charge in [-0.15, -0.1) is 0 Å². The summed E-state index contributed by atoms with van der Waals surface area (Å²) in [4.78, 5) is 25.4. The SMILES string of the molecule is COc1ccc(C)cc1-c1[nH]c(=O)c(C(=O)O)cc1C. The normalized spacial score (nSPS) is 10.3. The third kappa shape index (κ3) is 2.42. The average Bonchev–Trinajstić information content (AvgIpc) is 2.40. The largest absolute Gasteiger partial charge is 0.496 e. The molecule has 2 rings (SSSR count). The minimum Gasteiger partial charge on any atom is -0.496 e. The van der Waals surface area contributed by atoms with Gasteiger partial charge >= 0.3 is 5.97 Å². The number of ether oxygens (including phenoxy) is 1. The number of aromatic amines is 1. The van der Waals surface area contributed by atoms with E-state index in [1.807, 2.05) is 25.1 Å². The number of rotatable bonds is 3. The molecule has 5 nitrogen and oxygen atoms in total. The second kappa shape index (κ2) is 5.21. The van der Waals surface area contributed by atoms with E-state index in [1.54, 1.807) is 14.0 Å². The zero-order valence-corrected chi connectivity index (χ0v) is 11.5. The first-order valence-corrected chi connectivity index (χ1v) is 6.06. The molecular weight excluding hydrogens is 258 g/mol. The lowest BCUT2D eigenvalue weighted by molar-refractivity contribution is 0.0695. The monoisotopic (exact) mass is 273 g/mol. The summed E-state index contributed by atoms with van der Waals surface area (Å²) >= 11 is 0. The molecule has 2 N–H and O–H groups in total. The Hall–Kier alpha value is -2.56. The van der Waals surface area contributed by atoms with Crippen LogP contribution in [-0.4, -0.2) is 23.2 Å². The first-order valence-electron chi connectivity index (χ1n) is 6.06. The molecule has 1 aromatic carbocycles. The van der Waals surface area contributed by atoms with Crippen LogP contribution in [0, 0.1) is 13.8 Å². The van der Waals surface area contributed by atoms with Gasteiger partial charge in [-0.05, 0) is 37.6 Å². The van der Waals surface area contributed by atoms with Gasteiger partial charge in [0.1, 0.15) is 11.3 Å². The van der Waals surface area contributed by atoms with E-state index in [0.717, 1.165) is 11.1 Å². The number of pyridine rings is 1. The Labute approximate surface area is 115 Å². The van der Waals surface area contributed by atoms with Gasteiger partial charge in [0.15, 0.2) is 0 Å². The lowest BCUT2D eigenvalue weighted by atomic mass is 10.0. The molecule has 0 spiro atoms. The maximum absolute atomic E-state index is 11.8. The number of carbonyl (C=O) groups is 1. The summed E-state index contributed by atoms with van der Waals surface area (Å²) < 4.78 is 5.29. The lowest BCUT2D eigenvalue weighted by Gasteiger charge is -2.12. The number of aromatic nitrogens is 1. The summed E-state index contributed by atoms with van der Waals surface area (Å²) in [5.41, 5.74) is 2.10. The molecule has 1 aromatic heterocycles. The Kier molecular flexibility index (Phi) is 3.61. The van der Waals surface area contributed by atoms with Gasteiger partial charge in [0, 0.05) is 5.56 Å². The molecular formula is C15H15NO4. The van der Waals surface area contributed by atoms with Crippen molar-refractivity contribution >= 4 is 5.97 Å². The summed E-state index contributed by atoms with van der Waals surface area (Å²) in [6, 6.07) is 6.98. The Bertz CT molecular complexity index is 731. The van der Waals surface area contributed by atoms with Crippen LogP contribution in [-0.2, 0) is 0 Å². The highest BCUT2D eigenvalue weighted by atomic mass is 16.5. The van der Waals surface area contributed by atoms with Gasteiger partial charge in [-0.1, -0.05) is 11.6 Å². The van der Waals surface area contributed by atoms with Crippen LogP contribution in [0.1, 0.15) is 21.5 Å². The van der Waals surface area contributed by atoms with Crippen molar-refractivity contribution < 1.29 is 14.6 Å². The molecule has 0 saturated heterocycles. The van der Waals surface area contributed by atoms with Crippen molar-refractivity contribution in [1.29, 1.82) is 0 Å². The molecule has 0 aliphatic heterocycles. The molecule has 0 bridgehead atoms. The van der Waals surface area contributed by atoms with Crippen molar-refractivity contribution in [2.75, 3.05) is 7.11 Å². The van der Waals surface area contributed by atoms with Crippen molar-refractivity contribution in [2.24, 2.45) is 0 Å². The van der Waals surface area contributed by atoms with Crippen molar-refractivity contribution in [1.82, 2.24) is 4.98 Å². The molecule has 0 aliphatic carbocycles. The third-order valence-corrected chi connectivity index (χ3v) is 3.09.